The van der Waals surface area contributed by atoms with E-state index in [9.17, 15) is 9.59 Å². The van der Waals surface area contributed by atoms with Crippen molar-refractivity contribution in [3.05, 3.63) is 0 Å². The minimum Gasteiger partial charge on any atom is -0.400 e. The molecule has 362 valence electrons. The van der Waals surface area contributed by atoms with Gasteiger partial charge in [0.05, 0.1) is 18.3 Å². The Bertz CT molecular complexity index is 701. The first-order valence-electron chi connectivity index (χ1n) is 16.5. The summed E-state index contributed by atoms with van der Waals surface area (Å²) in [7, 11) is 7.42. The van der Waals surface area contributed by atoms with Gasteiger partial charge in [-0.3, -0.25) is 0 Å². The van der Waals surface area contributed by atoms with E-state index in [0.29, 0.717) is 12.7 Å². The quantitative estimate of drug-likeness (QED) is 0.0524. The minimum atomic E-state index is -3.74. The van der Waals surface area contributed by atoms with Gasteiger partial charge in [-0.15, -0.1) is 0 Å². The number of aliphatic hydroxyl groups is 7. The van der Waals surface area contributed by atoms with Crippen molar-refractivity contribution in [2.24, 2.45) is 5.92 Å². The summed E-state index contributed by atoms with van der Waals surface area (Å²) in [5.74, 6) is 0.207. The number of methoxy groups -OCH3 is 1. The van der Waals surface area contributed by atoms with Gasteiger partial charge in [0, 0.05) is 178 Å². The van der Waals surface area contributed by atoms with Gasteiger partial charge in [0.25, 0.3) is 0 Å². The summed E-state index contributed by atoms with van der Waals surface area (Å²) in [5.41, 5.74) is 0. The van der Waals surface area contributed by atoms with Crippen LogP contribution in [0.15, 0.2) is 0 Å². The summed E-state index contributed by atoms with van der Waals surface area (Å²) in [6.07, 6.45) is 2.53. The van der Waals surface area contributed by atoms with E-state index in [2.05, 4.69) is 13.3 Å². The third kappa shape index (κ3) is 40.2. The fourth-order valence-corrected chi connectivity index (χ4v) is 10.2. The van der Waals surface area contributed by atoms with Crippen molar-refractivity contribution in [2.75, 3.05) is 134 Å². The number of hydrogen-bond donors (Lipinski definition) is 10. The summed E-state index contributed by atoms with van der Waals surface area (Å²) >= 11 is 0. The maximum absolute atomic E-state index is 10.8. The van der Waals surface area contributed by atoms with Crippen LogP contribution in [0.25, 0.3) is 0 Å². The predicted octanol–water partition coefficient (Wildman–Crippen LogP) is -2.68. The summed E-state index contributed by atoms with van der Waals surface area (Å²) in [4.78, 5) is 30.1. The third-order valence-electron chi connectivity index (χ3n) is 6.85. The molecule has 29 heteroatoms. The monoisotopic (exact) mass is 1100 g/mol. The molecule has 0 bridgehead atoms. The van der Waals surface area contributed by atoms with Crippen LogP contribution >= 0.6 is 0 Å². The van der Waals surface area contributed by atoms with E-state index in [4.69, 9.17) is 85.4 Å². The molecule has 0 spiro atoms. The van der Waals surface area contributed by atoms with Gasteiger partial charge >= 0.3 is 35.7 Å². The van der Waals surface area contributed by atoms with Gasteiger partial charge < -0.3 is 108 Å². The van der Waals surface area contributed by atoms with E-state index in [1.165, 1.54) is 64.0 Å². The van der Waals surface area contributed by atoms with Crippen LogP contribution in [-0.4, -0.2) is 238 Å². The van der Waals surface area contributed by atoms with E-state index >= 15 is 0 Å². The second-order valence-electron chi connectivity index (χ2n) is 9.27. The van der Waals surface area contributed by atoms with Crippen LogP contribution in [0.4, 0.5) is 0 Å². The normalized spacial score (nSPS) is 16.9. The fourth-order valence-electron chi connectivity index (χ4n) is 4.12. The second-order valence-corrected chi connectivity index (χ2v) is 19.4. The number of hydrogen-bond acceptors (Lipinski definition) is 23. The van der Waals surface area contributed by atoms with E-state index in [1.54, 1.807) is 7.11 Å². The first-order chi connectivity index (χ1) is 26.8. The molecule has 10 N–H and O–H groups in total. The van der Waals surface area contributed by atoms with Gasteiger partial charge in [-0.2, -0.15) is 0 Å². The Morgan fingerprint density at radius 1 is 0.517 bits per heavy atom. The van der Waals surface area contributed by atoms with Gasteiger partial charge in [0.15, 0.2) is 0 Å². The second kappa shape index (κ2) is 58.4. The summed E-state index contributed by atoms with van der Waals surface area (Å²) in [6, 6.07) is 0.325. The van der Waals surface area contributed by atoms with Crippen molar-refractivity contribution in [1.82, 2.24) is 0 Å². The first kappa shape index (κ1) is 83.0. The van der Waals surface area contributed by atoms with Crippen LogP contribution in [0.1, 0.15) is 32.6 Å². The summed E-state index contributed by atoms with van der Waals surface area (Å²) in [5, 5.41) is 49.0. The molecule has 0 aliphatic heterocycles. The molecule has 1 saturated carbocycles. The Morgan fingerprint density at radius 3 is 1.17 bits per heavy atom. The zero-order valence-electron chi connectivity index (χ0n) is 37.9. The van der Waals surface area contributed by atoms with Crippen molar-refractivity contribution in [3.63, 3.8) is 0 Å². The van der Waals surface area contributed by atoms with E-state index < -0.39 is 35.7 Å². The Morgan fingerprint density at radius 2 is 0.897 bits per heavy atom. The average molecular weight is 1100 g/mol. The third-order valence-corrected chi connectivity index (χ3v) is 15.6. The van der Waals surface area contributed by atoms with Gasteiger partial charge in [-0.05, 0) is 31.6 Å². The fraction of sp³-hybridized carbons (Fsp3) is 1.00. The summed E-state index contributed by atoms with van der Waals surface area (Å²) < 4.78 is 68.1. The molecule has 0 aromatic carbocycles. The van der Waals surface area contributed by atoms with Gasteiger partial charge in [0.2, 0.25) is 0 Å². The van der Waals surface area contributed by atoms with Crippen molar-refractivity contribution in [1.29, 1.82) is 0 Å². The van der Waals surface area contributed by atoms with Crippen LogP contribution < -0.4 is 0 Å². The smallest absolute Gasteiger partial charge is 0.400 e. The number of aliphatic hydroxyl groups excluding tert-OH is 7. The van der Waals surface area contributed by atoms with Crippen LogP contribution in [0.3, 0.4) is 0 Å². The van der Waals surface area contributed by atoms with Crippen LogP contribution in [0.2, 0.25) is 6.04 Å². The maximum atomic E-state index is 10.8. The molecule has 2 radical (unpaired) electrons. The van der Waals surface area contributed by atoms with E-state index in [1.807, 2.05) is 6.92 Å². The SMILES string of the molecule is CCC(C[Si](O)(OC)OC)OC1CCC(COC[Si](O)(OC)O[Si](OC)(OC)OC)CC1OC.CO.CO.CO.CO.CO.CO.CO.CO[Si](O)(OC)OC.[Nb].[Nb]. The number of ether oxygens (including phenoxy) is 3. The molecule has 0 aromatic heterocycles. The predicted molar refractivity (Wildman–Crippen MR) is 214 cm³/mol. The molecule has 1 rings (SSSR count). The van der Waals surface area contributed by atoms with Gasteiger partial charge in [-0.1, -0.05) is 6.92 Å². The first-order valence-corrected chi connectivity index (χ1v) is 23.8. The zero-order chi connectivity index (χ0) is 46.5. The maximum Gasteiger partial charge on any atom is 0.676 e. The van der Waals surface area contributed by atoms with Crippen LogP contribution in [-0.2, 0) is 103 Å². The molecule has 0 saturated heterocycles. The van der Waals surface area contributed by atoms with Crippen molar-refractivity contribution < 1.29 is 153 Å². The van der Waals surface area contributed by atoms with E-state index in [0.717, 1.165) is 75.5 Å². The molecule has 5 atom stereocenters. The molecule has 1 fully saturated rings. The van der Waals surface area contributed by atoms with Gasteiger partial charge in [0.1, 0.15) is 6.23 Å². The largest absolute Gasteiger partial charge is 0.676 e. The molecule has 0 aromatic rings. The van der Waals surface area contributed by atoms with Crippen molar-refractivity contribution in [2.45, 2.75) is 57.0 Å². The average Bonchev–Trinajstić information content (AvgIpc) is 3.30. The molecule has 5 unspecified atom stereocenters. The molecule has 0 amide bonds. The number of rotatable bonds is 21. The molecule has 58 heavy (non-hydrogen) atoms. The topological polar surface area (TPSA) is 322 Å². The molecule has 1 aliphatic carbocycles. The Balaban J connectivity index is -0.000000101. The van der Waals surface area contributed by atoms with Crippen LogP contribution in [0.5, 0.6) is 0 Å². The van der Waals surface area contributed by atoms with Crippen molar-refractivity contribution >= 4 is 35.7 Å². The molecule has 0 heterocycles. The Labute approximate surface area is 383 Å². The Kier molecular flexibility index (Phi) is 83.7. The zero-order valence-corrected chi connectivity index (χ0v) is 46.3. The molecular weight excluding hydrogens is 1010 g/mol. The van der Waals surface area contributed by atoms with Gasteiger partial charge in [-0.25, -0.2) is 0 Å². The molecule has 1 aliphatic rings. The van der Waals surface area contributed by atoms with E-state index in [-0.39, 0.29) is 75.2 Å². The van der Waals surface area contributed by atoms with Crippen molar-refractivity contribution in [3.8, 4) is 0 Å². The standard InChI is InChI=1S/C19H44O12Si3.C3H10O4Si.7CH4O.2Nb/c1-9-17(14-32(20,23-3)24-4)30-18-11-10-16(12-19(18)22-2)13-29-15-33(21,25-5)31-34(26-6,27-7)28-8;1-5-8(4,6-2)7-3;7*1-2;;/h16-21H,9-15H2,1-8H3;4H,1-3H3;7*2H,1H3;;. The van der Waals surface area contributed by atoms with Crippen LogP contribution in [0, 0.1) is 5.92 Å². The Hall–Kier alpha value is 1.43. The molecule has 23 nitrogen and oxygen atoms in total. The minimum absolute atomic E-state index is 0. The molecular formula is C29H82Nb2O23Si4. The summed E-state index contributed by atoms with van der Waals surface area (Å²) in [6.45, 7) is 2.40.